The van der Waals surface area contributed by atoms with E-state index in [1.807, 2.05) is 32.9 Å². The van der Waals surface area contributed by atoms with Gasteiger partial charge in [0, 0.05) is 12.6 Å². The molecule has 3 aromatic carbocycles. The minimum Gasteiger partial charge on any atom is -0.492 e. The highest BCUT2D eigenvalue weighted by Crippen LogP contribution is 2.23. The lowest BCUT2D eigenvalue weighted by Crippen LogP contribution is -2.28. The van der Waals surface area contributed by atoms with Crippen LogP contribution in [0.5, 0.6) is 5.75 Å². The van der Waals surface area contributed by atoms with Crippen molar-refractivity contribution >= 4 is 21.6 Å². The smallest absolute Gasteiger partial charge is 0.264 e. The van der Waals surface area contributed by atoms with Crippen molar-refractivity contribution in [3.05, 3.63) is 89.0 Å². The molecule has 0 saturated carbocycles. The van der Waals surface area contributed by atoms with Crippen LogP contribution in [0.25, 0.3) is 0 Å². The van der Waals surface area contributed by atoms with E-state index < -0.39 is 10.0 Å². The van der Waals surface area contributed by atoms with Gasteiger partial charge in [-0.2, -0.15) is 0 Å². The summed E-state index contributed by atoms with van der Waals surface area (Å²) in [6.07, 6.45) is 0. The lowest BCUT2D eigenvalue weighted by molar-refractivity contribution is 0.0947. The molecule has 0 saturated heterocycles. The molecule has 0 aliphatic heterocycles. The van der Waals surface area contributed by atoms with Crippen molar-refractivity contribution in [2.75, 3.05) is 24.5 Å². The molecule has 0 bridgehead atoms. The Morgan fingerprint density at radius 3 is 2.06 bits per heavy atom. The van der Waals surface area contributed by atoms with Gasteiger partial charge in [-0.3, -0.25) is 9.10 Å². The van der Waals surface area contributed by atoms with Crippen molar-refractivity contribution in [1.29, 1.82) is 0 Å². The first-order chi connectivity index (χ1) is 15.2. The zero-order chi connectivity index (χ0) is 23.3. The molecule has 1 amide bonds. The van der Waals surface area contributed by atoms with Crippen molar-refractivity contribution in [2.24, 2.45) is 0 Å². The molecular formula is C25H28N2O4S. The number of nitrogens with one attached hydrogen (secondary N) is 1. The van der Waals surface area contributed by atoms with Gasteiger partial charge in [0.05, 0.1) is 17.1 Å². The predicted molar refractivity (Wildman–Crippen MR) is 127 cm³/mol. The summed E-state index contributed by atoms with van der Waals surface area (Å²) in [5, 5.41) is 2.81. The molecule has 1 N–H and O–H groups in total. The molecule has 3 rings (SSSR count). The number of ether oxygens (including phenoxy) is 1. The number of amides is 1. The second-order valence-corrected chi connectivity index (χ2v) is 9.73. The SMILES string of the molecule is Cc1ccc(S(=O)(=O)N(C)c2ccc(C(=O)NCCOc3cc(C)cc(C)c3)cc2)cc1. The first-order valence-electron chi connectivity index (χ1n) is 10.3. The van der Waals surface area contributed by atoms with Crippen molar-refractivity contribution in [3.8, 4) is 5.75 Å². The zero-order valence-corrected chi connectivity index (χ0v) is 19.6. The van der Waals surface area contributed by atoms with E-state index in [0.717, 1.165) is 22.4 Å². The van der Waals surface area contributed by atoms with Crippen LogP contribution in [0.2, 0.25) is 0 Å². The average molecular weight is 453 g/mol. The highest BCUT2D eigenvalue weighted by Gasteiger charge is 2.21. The Morgan fingerprint density at radius 2 is 1.47 bits per heavy atom. The van der Waals surface area contributed by atoms with E-state index in [4.69, 9.17) is 4.74 Å². The third-order valence-electron chi connectivity index (χ3n) is 5.02. The Kier molecular flexibility index (Phi) is 7.20. The number of rotatable bonds is 8. The molecule has 32 heavy (non-hydrogen) atoms. The number of carbonyl (C=O) groups excluding carboxylic acids is 1. The molecule has 0 spiro atoms. The molecule has 6 nitrogen and oxygen atoms in total. The quantitative estimate of drug-likeness (QED) is 0.519. The van der Waals surface area contributed by atoms with Crippen LogP contribution < -0.4 is 14.4 Å². The minimum absolute atomic E-state index is 0.219. The van der Waals surface area contributed by atoms with Gasteiger partial charge in [-0.05, 0) is 80.4 Å². The predicted octanol–water partition coefficient (Wildman–Crippen LogP) is 4.25. The third kappa shape index (κ3) is 5.68. The van der Waals surface area contributed by atoms with Crippen molar-refractivity contribution in [1.82, 2.24) is 5.32 Å². The number of nitrogens with zero attached hydrogens (tertiary/aromatic N) is 1. The number of sulfonamides is 1. The summed E-state index contributed by atoms with van der Waals surface area (Å²) in [5.74, 6) is 0.531. The van der Waals surface area contributed by atoms with Crippen LogP contribution >= 0.6 is 0 Å². The summed E-state index contributed by atoms with van der Waals surface area (Å²) in [6, 6.07) is 19.1. The first kappa shape index (κ1) is 23.3. The van der Waals surface area contributed by atoms with Crippen molar-refractivity contribution in [3.63, 3.8) is 0 Å². The topological polar surface area (TPSA) is 75.7 Å². The van der Waals surface area contributed by atoms with Crippen LogP contribution in [0.15, 0.2) is 71.6 Å². The van der Waals surface area contributed by atoms with Gasteiger partial charge in [-0.1, -0.05) is 23.8 Å². The summed E-state index contributed by atoms with van der Waals surface area (Å²) in [6.45, 7) is 6.63. The molecule has 168 valence electrons. The van der Waals surface area contributed by atoms with E-state index in [0.29, 0.717) is 24.4 Å². The number of carbonyl (C=O) groups is 1. The lowest BCUT2D eigenvalue weighted by atomic mass is 10.1. The molecular weight excluding hydrogens is 424 g/mol. The van der Waals surface area contributed by atoms with Gasteiger partial charge in [0.2, 0.25) is 0 Å². The highest BCUT2D eigenvalue weighted by atomic mass is 32.2. The summed E-state index contributed by atoms with van der Waals surface area (Å²) in [5.41, 5.74) is 4.15. The summed E-state index contributed by atoms with van der Waals surface area (Å²) in [7, 11) is -2.18. The number of hydrogen-bond acceptors (Lipinski definition) is 4. The van der Waals surface area contributed by atoms with E-state index >= 15 is 0 Å². The summed E-state index contributed by atoms with van der Waals surface area (Å²) in [4.78, 5) is 12.6. The Hall–Kier alpha value is -3.32. The van der Waals surface area contributed by atoms with Gasteiger partial charge < -0.3 is 10.1 Å². The van der Waals surface area contributed by atoms with Gasteiger partial charge in [-0.15, -0.1) is 0 Å². The third-order valence-corrected chi connectivity index (χ3v) is 6.82. The number of anilines is 1. The fourth-order valence-corrected chi connectivity index (χ4v) is 4.48. The molecule has 0 atom stereocenters. The zero-order valence-electron chi connectivity index (χ0n) is 18.8. The van der Waals surface area contributed by atoms with Crippen LogP contribution in [-0.2, 0) is 10.0 Å². The monoisotopic (exact) mass is 452 g/mol. The largest absolute Gasteiger partial charge is 0.492 e. The van der Waals surface area contributed by atoms with Gasteiger partial charge in [-0.25, -0.2) is 8.42 Å². The van der Waals surface area contributed by atoms with E-state index in [1.165, 1.54) is 11.4 Å². The fourth-order valence-electron chi connectivity index (χ4n) is 3.28. The molecule has 0 unspecified atom stereocenters. The molecule has 0 aliphatic rings. The standard InChI is InChI=1S/C25H28N2O4S/c1-18-5-11-24(12-6-18)32(29,30)27(4)22-9-7-21(8-10-22)25(28)26-13-14-31-23-16-19(2)15-20(3)17-23/h5-12,15-17H,13-14H2,1-4H3,(H,26,28). The normalized spacial score (nSPS) is 11.1. The van der Waals surface area contributed by atoms with Gasteiger partial charge in [0.15, 0.2) is 0 Å². The van der Waals surface area contributed by atoms with E-state index in [9.17, 15) is 13.2 Å². The number of benzene rings is 3. The Morgan fingerprint density at radius 1 is 0.875 bits per heavy atom. The van der Waals surface area contributed by atoms with Crippen LogP contribution in [0.3, 0.4) is 0 Å². The van der Waals surface area contributed by atoms with Gasteiger partial charge >= 0.3 is 0 Å². The summed E-state index contributed by atoms with van der Waals surface area (Å²) >= 11 is 0. The van der Waals surface area contributed by atoms with E-state index in [2.05, 4.69) is 11.4 Å². The Bertz CT molecular complexity index is 1170. The van der Waals surface area contributed by atoms with Crippen LogP contribution in [0, 0.1) is 20.8 Å². The average Bonchev–Trinajstić information content (AvgIpc) is 2.76. The molecule has 7 heteroatoms. The van der Waals surface area contributed by atoms with Gasteiger partial charge in [0.25, 0.3) is 15.9 Å². The van der Waals surface area contributed by atoms with Crippen LogP contribution in [0.4, 0.5) is 5.69 Å². The molecule has 0 radical (unpaired) electrons. The van der Waals surface area contributed by atoms with Crippen molar-refractivity contribution in [2.45, 2.75) is 25.7 Å². The second kappa shape index (κ2) is 9.87. The number of hydrogen-bond donors (Lipinski definition) is 1. The van der Waals surface area contributed by atoms with Crippen LogP contribution in [-0.4, -0.2) is 34.5 Å². The highest BCUT2D eigenvalue weighted by molar-refractivity contribution is 7.92. The lowest BCUT2D eigenvalue weighted by Gasteiger charge is -2.20. The Labute approximate surface area is 189 Å². The minimum atomic E-state index is -3.68. The van der Waals surface area contributed by atoms with Crippen molar-refractivity contribution < 1.29 is 17.9 Å². The molecule has 3 aromatic rings. The molecule has 0 aliphatic carbocycles. The maximum atomic E-state index is 12.8. The van der Waals surface area contributed by atoms with Gasteiger partial charge in [0.1, 0.15) is 12.4 Å². The van der Waals surface area contributed by atoms with E-state index in [1.54, 1.807) is 48.5 Å². The molecule has 0 aromatic heterocycles. The molecule has 0 heterocycles. The fraction of sp³-hybridized carbons (Fsp3) is 0.240. The van der Waals surface area contributed by atoms with Crippen LogP contribution in [0.1, 0.15) is 27.0 Å². The first-order valence-corrected chi connectivity index (χ1v) is 11.8. The molecule has 0 fully saturated rings. The summed E-state index contributed by atoms with van der Waals surface area (Å²) < 4.78 is 32.6. The Balaban J connectivity index is 1.57. The maximum Gasteiger partial charge on any atom is 0.264 e. The second-order valence-electron chi connectivity index (χ2n) is 7.76. The maximum absolute atomic E-state index is 12.8. The number of aryl methyl sites for hydroxylation is 3. The van der Waals surface area contributed by atoms with E-state index in [-0.39, 0.29) is 10.8 Å².